The molecule has 2 amide bonds. The Morgan fingerprint density at radius 1 is 1.31 bits per heavy atom. The highest BCUT2D eigenvalue weighted by molar-refractivity contribution is 5.86. The Morgan fingerprint density at radius 2 is 1.83 bits per heavy atom. The molecule has 0 saturated carbocycles. The first-order chi connectivity index (χ1) is 13.1. The van der Waals surface area contributed by atoms with Gasteiger partial charge in [-0.3, -0.25) is 4.79 Å². The minimum Gasteiger partial charge on any atom is -0.444 e. The van der Waals surface area contributed by atoms with Crippen LogP contribution in [0.2, 0.25) is 0 Å². The summed E-state index contributed by atoms with van der Waals surface area (Å²) in [5.74, 6) is -2.79. The smallest absolute Gasteiger partial charge is 0.424 e. The number of aliphatic hydroxyl groups excluding tert-OH is 1. The number of rotatable bonds is 2. The summed E-state index contributed by atoms with van der Waals surface area (Å²) in [5, 5.41) is 22.0. The van der Waals surface area contributed by atoms with Crippen LogP contribution in [0.25, 0.3) is 0 Å². The van der Waals surface area contributed by atoms with Gasteiger partial charge in [-0.2, -0.15) is 13.2 Å². The summed E-state index contributed by atoms with van der Waals surface area (Å²) in [6.07, 6.45) is -8.31. The largest absolute Gasteiger partial charge is 0.444 e. The molecule has 0 bridgehead atoms. The Balaban J connectivity index is 2.21. The maximum atomic E-state index is 13.6. The molecule has 1 saturated heterocycles. The van der Waals surface area contributed by atoms with E-state index in [1.807, 2.05) is 5.32 Å². The van der Waals surface area contributed by atoms with E-state index in [2.05, 4.69) is 0 Å². The predicted octanol–water partition coefficient (Wildman–Crippen LogP) is -0.0848. The molecule has 1 fully saturated rings. The van der Waals surface area contributed by atoms with Crippen molar-refractivity contribution >= 4 is 12.0 Å². The Kier molecular flexibility index (Phi) is 6.13. The molecule has 7 N–H and O–H groups in total. The summed E-state index contributed by atoms with van der Waals surface area (Å²) in [6.45, 7) is 5.50. The van der Waals surface area contributed by atoms with Crippen molar-refractivity contribution in [3.05, 3.63) is 11.4 Å². The number of nitrogens with zero attached hydrogens (tertiary/aromatic N) is 1. The normalized spacial score (nSPS) is 28.2. The number of piperidine rings is 1. The number of nitrogens with two attached hydrogens (primary N) is 2. The molecule has 2 aliphatic heterocycles. The van der Waals surface area contributed by atoms with Crippen molar-refractivity contribution < 1.29 is 37.7 Å². The molecule has 2 heterocycles. The van der Waals surface area contributed by atoms with Crippen LogP contribution in [0, 0.1) is 5.92 Å². The number of carbonyl (C=O) groups is 2. The van der Waals surface area contributed by atoms with E-state index >= 15 is 0 Å². The number of hydrogen-bond acceptors (Lipinski definition) is 7. The van der Waals surface area contributed by atoms with Gasteiger partial charge in [-0.05, 0) is 39.5 Å². The number of ether oxygens (including phenoxy) is 1. The van der Waals surface area contributed by atoms with E-state index in [4.69, 9.17) is 16.2 Å². The van der Waals surface area contributed by atoms with Crippen molar-refractivity contribution in [3.8, 4) is 0 Å². The van der Waals surface area contributed by atoms with Crippen LogP contribution in [0.1, 0.15) is 33.6 Å². The number of hydrogen-bond donors (Lipinski definition) is 5. The number of carbonyl (C=O) groups excluding carboxylic acids is 2. The second kappa shape index (κ2) is 7.65. The van der Waals surface area contributed by atoms with E-state index in [-0.39, 0.29) is 25.9 Å². The fourth-order valence-electron chi connectivity index (χ4n) is 3.56. The third-order valence-corrected chi connectivity index (χ3v) is 5.07. The summed E-state index contributed by atoms with van der Waals surface area (Å²) >= 11 is 0. The maximum absolute atomic E-state index is 13.6. The van der Waals surface area contributed by atoms with E-state index in [9.17, 15) is 33.0 Å². The number of halogens is 3. The fraction of sp³-hybridized carbons (Fsp3) is 0.765. The van der Waals surface area contributed by atoms with Crippen LogP contribution in [0.5, 0.6) is 0 Å². The first kappa shape index (κ1) is 23.2. The highest BCUT2D eigenvalue weighted by atomic mass is 19.4. The molecule has 0 radical (unpaired) electrons. The second-order valence-corrected chi connectivity index (χ2v) is 8.31. The second-order valence-electron chi connectivity index (χ2n) is 8.31. The van der Waals surface area contributed by atoms with Gasteiger partial charge >= 0.3 is 12.3 Å². The van der Waals surface area contributed by atoms with E-state index in [0.717, 1.165) is 0 Å². The SMILES string of the molecule is CC(C)(C)OC(=O)N1CCC(C(N)C2=C(N)NC(=O)C(O)C2(O)C(F)(F)F)CC1. The first-order valence-corrected chi connectivity index (χ1v) is 9.11. The molecule has 3 atom stereocenters. The van der Waals surface area contributed by atoms with Gasteiger partial charge in [0.15, 0.2) is 6.10 Å². The number of aliphatic hydroxyl groups is 2. The molecule has 0 aromatic rings. The van der Waals surface area contributed by atoms with Crippen molar-refractivity contribution in [3.63, 3.8) is 0 Å². The van der Waals surface area contributed by atoms with Crippen LogP contribution >= 0.6 is 0 Å². The average Bonchev–Trinajstić information content (AvgIpc) is 2.57. The zero-order valence-electron chi connectivity index (χ0n) is 16.4. The quantitative estimate of drug-likeness (QED) is 0.416. The van der Waals surface area contributed by atoms with Gasteiger partial charge in [-0.25, -0.2) is 4.79 Å². The lowest BCUT2D eigenvalue weighted by atomic mass is 9.74. The van der Waals surface area contributed by atoms with Gasteiger partial charge in [0.2, 0.25) is 5.60 Å². The molecule has 166 valence electrons. The van der Waals surface area contributed by atoms with Crippen LogP contribution in [0.4, 0.5) is 18.0 Å². The monoisotopic (exact) mass is 424 g/mol. The van der Waals surface area contributed by atoms with Crippen molar-refractivity contribution in [1.29, 1.82) is 0 Å². The minimum atomic E-state index is -5.39. The first-order valence-electron chi connectivity index (χ1n) is 9.11. The molecule has 0 aromatic heterocycles. The van der Waals surface area contributed by atoms with Crippen molar-refractivity contribution in [2.45, 2.75) is 63.1 Å². The van der Waals surface area contributed by atoms with E-state index in [1.165, 1.54) is 4.90 Å². The molecule has 0 aromatic carbocycles. The standard InChI is InChI=1S/C17H27F3N4O5/c1-15(2,3)29-14(27)24-6-4-8(5-7-24)10(21)9-12(22)23-13(26)11(25)16(9,28)17(18,19)20/h8,10-11,25,28H,4-7,21-22H2,1-3H3,(H,23,26). The molecule has 9 nitrogen and oxygen atoms in total. The van der Waals surface area contributed by atoms with Gasteiger partial charge in [0, 0.05) is 24.7 Å². The molecule has 2 rings (SSSR count). The Labute approximate surface area is 165 Å². The minimum absolute atomic E-state index is 0.180. The summed E-state index contributed by atoms with van der Waals surface area (Å²) in [4.78, 5) is 25.2. The third kappa shape index (κ3) is 4.43. The van der Waals surface area contributed by atoms with Crippen LogP contribution in [0.15, 0.2) is 11.4 Å². The fourth-order valence-corrected chi connectivity index (χ4v) is 3.56. The lowest BCUT2D eigenvalue weighted by molar-refractivity contribution is -0.273. The number of amides is 2. The number of nitrogens with one attached hydrogen (secondary N) is 1. The lowest BCUT2D eigenvalue weighted by Crippen LogP contribution is -2.68. The molecule has 0 spiro atoms. The number of likely N-dealkylation sites (tertiary alicyclic amines) is 1. The van der Waals surface area contributed by atoms with E-state index < -0.39 is 58.8 Å². The molecular weight excluding hydrogens is 397 g/mol. The zero-order chi connectivity index (χ0) is 22.4. The number of alkyl halides is 3. The van der Waals surface area contributed by atoms with Crippen LogP contribution in [-0.4, -0.2) is 69.7 Å². The molecule has 0 aliphatic carbocycles. The van der Waals surface area contributed by atoms with Gasteiger partial charge in [-0.1, -0.05) is 0 Å². The lowest BCUT2D eigenvalue weighted by Gasteiger charge is -2.44. The molecule has 3 unspecified atom stereocenters. The Bertz CT molecular complexity index is 698. The van der Waals surface area contributed by atoms with Gasteiger partial charge in [0.1, 0.15) is 11.4 Å². The Hall–Kier alpha value is -2.05. The molecule has 12 heteroatoms. The molecular formula is C17H27F3N4O5. The zero-order valence-corrected chi connectivity index (χ0v) is 16.4. The molecule has 29 heavy (non-hydrogen) atoms. The Morgan fingerprint density at radius 3 is 2.28 bits per heavy atom. The molecule has 2 aliphatic rings. The van der Waals surface area contributed by atoms with Gasteiger partial charge in [0.25, 0.3) is 5.91 Å². The summed E-state index contributed by atoms with van der Waals surface area (Å²) in [5.41, 5.74) is 6.12. The summed E-state index contributed by atoms with van der Waals surface area (Å²) in [6, 6.07) is -1.40. The van der Waals surface area contributed by atoms with Gasteiger partial charge in [-0.15, -0.1) is 0 Å². The van der Waals surface area contributed by atoms with Crippen molar-refractivity contribution in [2.24, 2.45) is 17.4 Å². The van der Waals surface area contributed by atoms with E-state index in [0.29, 0.717) is 0 Å². The average molecular weight is 424 g/mol. The van der Waals surface area contributed by atoms with Crippen LogP contribution < -0.4 is 16.8 Å². The third-order valence-electron chi connectivity index (χ3n) is 5.07. The highest BCUT2D eigenvalue weighted by Gasteiger charge is 2.66. The van der Waals surface area contributed by atoms with E-state index in [1.54, 1.807) is 20.8 Å². The van der Waals surface area contributed by atoms with Crippen LogP contribution in [0.3, 0.4) is 0 Å². The highest BCUT2D eigenvalue weighted by Crippen LogP contribution is 2.44. The summed E-state index contributed by atoms with van der Waals surface area (Å²) < 4.78 is 46.1. The van der Waals surface area contributed by atoms with Crippen LogP contribution in [-0.2, 0) is 9.53 Å². The predicted molar refractivity (Wildman–Crippen MR) is 94.9 cm³/mol. The summed E-state index contributed by atoms with van der Waals surface area (Å²) in [7, 11) is 0. The maximum Gasteiger partial charge on any atom is 0.424 e. The van der Waals surface area contributed by atoms with Crippen molar-refractivity contribution in [2.75, 3.05) is 13.1 Å². The van der Waals surface area contributed by atoms with Crippen molar-refractivity contribution in [1.82, 2.24) is 10.2 Å². The van der Waals surface area contributed by atoms with Gasteiger partial charge in [0.05, 0.1) is 0 Å². The topological polar surface area (TPSA) is 151 Å². The van der Waals surface area contributed by atoms with Gasteiger partial charge < -0.3 is 36.6 Å².